The molecule has 0 heterocycles. The van der Waals surface area contributed by atoms with Crippen molar-refractivity contribution in [2.45, 2.75) is 0 Å². The molecule has 0 aliphatic rings. The van der Waals surface area contributed by atoms with Crippen LogP contribution in [-0.4, -0.2) is 10.2 Å². The van der Waals surface area contributed by atoms with E-state index in [9.17, 15) is 10.2 Å². The summed E-state index contributed by atoms with van der Waals surface area (Å²) in [5.41, 5.74) is 7.24. The molecule has 7 aromatic carbocycles. The lowest BCUT2D eigenvalue weighted by Crippen LogP contribution is -1.91. The Balaban J connectivity index is 1.56. The van der Waals surface area contributed by atoms with Crippen LogP contribution in [0.1, 0.15) is 0 Å². The van der Waals surface area contributed by atoms with E-state index in [1.807, 2.05) is 84.9 Å². The maximum absolute atomic E-state index is 12.1. The van der Waals surface area contributed by atoms with Crippen molar-refractivity contribution in [3.63, 3.8) is 0 Å². The van der Waals surface area contributed by atoms with Gasteiger partial charge in [0.15, 0.2) is 0 Å². The van der Waals surface area contributed by atoms with Crippen molar-refractivity contribution >= 4 is 21.5 Å². The molecule has 7 aromatic rings. The molecule has 0 spiro atoms. The molecule has 190 valence electrons. The van der Waals surface area contributed by atoms with Gasteiger partial charge in [0.25, 0.3) is 0 Å². The van der Waals surface area contributed by atoms with Gasteiger partial charge in [0.2, 0.25) is 0 Å². The van der Waals surface area contributed by atoms with E-state index in [0.29, 0.717) is 11.1 Å². The van der Waals surface area contributed by atoms with Crippen molar-refractivity contribution in [1.82, 2.24) is 0 Å². The van der Waals surface area contributed by atoms with Crippen LogP contribution < -0.4 is 0 Å². The summed E-state index contributed by atoms with van der Waals surface area (Å²) >= 11 is 0. The van der Waals surface area contributed by atoms with Crippen LogP contribution >= 0.6 is 0 Å². The molecular formula is C38H26O2. The number of hydrogen-bond acceptors (Lipinski definition) is 2. The van der Waals surface area contributed by atoms with E-state index in [1.165, 1.54) is 0 Å². The smallest absolute Gasteiger partial charge is 0.132 e. The van der Waals surface area contributed by atoms with Gasteiger partial charge in [0.1, 0.15) is 11.5 Å². The van der Waals surface area contributed by atoms with Crippen LogP contribution in [0.5, 0.6) is 11.5 Å². The second kappa shape index (κ2) is 9.76. The molecule has 0 saturated heterocycles. The quantitative estimate of drug-likeness (QED) is 0.245. The van der Waals surface area contributed by atoms with Gasteiger partial charge in [-0.05, 0) is 79.7 Å². The Morgan fingerprint density at radius 1 is 0.350 bits per heavy atom. The molecule has 0 aliphatic heterocycles. The minimum Gasteiger partial charge on any atom is -0.507 e. The SMILES string of the molecule is Oc1ccc2ccccc2c1-c1c(O)c(-c2cc(-c3ccccc3)cc(-c3ccccc3)c2)cc2ccccc12. The molecule has 2 N–H and O–H groups in total. The van der Waals surface area contributed by atoms with Crippen LogP contribution in [0.3, 0.4) is 0 Å². The highest BCUT2D eigenvalue weighted by molar-refractivity contribution is 6.12. The lowest BCUT2D eigenvalue weighted by atomic mass is 9.87. The van der Waals surface area contributed by atoms with Gasteiger partial charge in [-0.3, -0.25) is 0 Å². The Hall–Kier alpha value is -5.34. The van der Waals surface area contributed by atoms with Gasteiger partial charge in [-0.25, -0.2) is 0 Å². The number of fused-ring (bicyclic) bond motifs is 2. The Labute approximate surface area is 233 Å². The largest absolute Gasteiger partial charge is 0.507 e. The summed E-state index contributed by atoms with van der Waals surface area (Å²) in [5.74, 6) is 0.286. The molecule has 7 rings (SSSR count). The summed E-state index contributed by atoms with van der Waals surface area (Å²) in [6, 6.07) is 48.8. The standard InChI is InChI=1S/C38H26O2/c39-35-20-19-27-15-7-9-17-32(27)36(35)37-33-18-10-8-16-28(33)24-34(38(37)40)31-22-29(25-11-3-1-4-12-25)21-30(23-31)26-13-5-2-6-14-26/h1-24,39-40H. The molecule has 0 bridgehead atoms. The third-order valence-corrected chi connectivity index (χ3v) is 7.64. The van der Waals surface area contributed by atoms with Gasteiger partial charge >= 0.3 is 0 Å². The first kappa shape index (κ1) is 23.8. The van der Waals surface area contributed by atoms with Gasteiger partial charge in [-0.1, -0.05) is 115 Å². The molecule has 0 saturated carbocycles. The van der Waals surface area contributed by atoms with Gasteiger partial charge in [-0.2, -0.15) is 0 Å². The van der Waals surface area contributed by atoms with E-state index in [0.717, 1.165) is 54.9 Å². The zero-order valence-corrected chi connectivity index (χ0v) is 21.8. The number of benzene rings is 7. The third kappa shape index (κ3) is 4.07. The Morgan fingerprint density at radius 3 is 1.48 bits per heavy atom. The molecule has 0 atom stereocenters. The van der Waals surface area contributed by atoms with E-state index in [4.69, 9.17) is 0 Å². The summed E-state index contributed by atoms with van der Waals surface area (Å²) in [6.07, 6.45) is 0. The van der Waals surface area contributed by atoms with Gasteiger partial charge in [0, 0.05) is 16.7 Å². The van der Waals surface area contributed by atoms with Gasteiger partial charge in [0.05, 0.1) is 0 Å². The van der Waals surface area contributed by atoms with Gasteiger partial charge < -0.3 is 10.2 Å². The van der Waals surface area contributed by atoms with Crippen molar-refractivity contribution in [3.05, 3.63) is 146 Å². The second-order valence-corrected chi connectivity index (χ2v) is 10.1. The molecule has 0 aromatic heterocycles. The molecule has 2 nitrogen and oxygen atoms in total. The average molecular weight is 515 g/mol. The fraction of sp³-hybridized carbons (Fsp3) is 0. The number of hydrogen-bond donors (Lipinski definition) is 2. The average Bonchev–Trinajstić information content (AvgIpc) is 3.02. The van der Waals surface area contributed by atoms with E-state index in [-0.39, 0.29) is 11.5 Å². The molecule has 0 fully saturated rings. The molecule has 0 aliphatic carbocycles. The zero-order valence-electron chi connectivity index (χ0n) is 21.8. The van der Waals surface area contributed by atoms with Crippen LogP contribution in [0.4, 0.5) is 0 Å². The van der Waals surface area contributed by atoms with Crippen molar-refractivity contribution < 1.29 is 10.2 Å². The minimum absolute atomic E-state index is 0.138. The first-order chi connectivity index (χ1) is 19.7. The molecule has 2 heteroatoms. The molecule has 0 unspecified atom stereocenters. The zero-order chi connectivity index (χ0) is 27.1. The normalized spacial score (nSPS) is 11.2. The number of aromatic hydroxyl groups is 2. The third-order valence-electron chi connectivity index (χ3n) is 7.64. The summed E-state index contributed by atoms with van der Waals surface area (Å²) in [4.78, 5) is 0. The van der Waals surface area contributed by atoms with E-state index in [1.54, 1.807) is 6.07 Å². The van der Waals surface area contributed by atoms with Crippen LogP contribution in [0.15, 0.2) is 146 Å². The van der Waals surface area contributed by atoms with E-state index < -0.39 is 0 Å². The fourth-order valence-corrected chi connectivity index (χ4v) is 5.71. The monoisotopic (exact) mass is 514 g/mol. The van der Waals surface area contributed by atoms with Crippen molar-refractivity contribution in [1.29, 1.82) is 0 Å². The van der Waals surface area contributed by atoms with Crippen molar-refractivity contribution in [2.24, 2.45) is 0 Å². The highest BCUT2D eigenvalue weighted by atomic mass is 16.3. The maximum atomic E-state index is 12.1. The molecule has 40 heavy (non-hydrogen) atoms. The Morgan fingerprint density at radius 2 is 0.850 bits per heavy atom. The Bertz CT molecular complexity index is 1950. The summed E-state index contributed by atoms with van der Waals surface area (Å²) in [6.45, 7) is 0. The first-order valence-electron chi connectivity index (χ1n) is 13.4. The van der Waals surface area contributed by atoms with E-state index >= 15 is 0 Å². The fourth-order valence-electron chi connectivity index (χ4n) is 5.71. The lowest BCUT2D eigenvalue weighted by Gasteiger charge is -2.18. The Kier molecular flexibility index (Phi) is 5.79. The van der Waals surface area contributed by atoms with E-state index in [2.05, 4.69) is 54.6 Å². The number of phenolic OH excluding ortho intramolecular Hbond substituents is 2. The predicted octanol–water partition coefficient (Wildman–Crippen LogP) is 10.1. The predicted molar refractivity (Wildman–Crippen MR) is 167 cm³/mol. The lowest BCUT2D eigenvalue weighted by molar-refractivity contribution is 0.471. The van der Waals surface area contributed by atoms with Crippen LogP contribution in [0.2, 0.25) is 0 Å². The molecule has 0 radical (unpaired) electrons. The number of rotatable bonds is 4. The summed E-state index contributed by atoms with van der Waals surface area (Å²) in [7, 11) is 0. The maximum Gasteiger partial charge on any atom is 0.132 e. The first-order valence-corrected chi connectivity index (χ1v) is 13.4. The topological polar surface area (TPSA) is 40.5 Å². The minimum atomic E-state index is 0.138. The highest BCUT2D eigenvalue weighted by Crippen LogP contribution is 2.49. The second-order valence-electron chi connectivity index (χ2n) is 10.1. The molecular weight excluding hydrogens is 488 g/mol. The highest BCUT2D eigenvalue weighted by Gasteiger charge is 2.21. The van der Waals surface area contributed by atoms with Crippen molar-refractivity contribution in [2.75, 3.05) is 0 Å². The number of phenols is 2. The summed E-state index contributed by atoms with van der Waals surface area (Å²) < 4.78 is 0. The van der Waals surface area contributed by atoms with Crippen molar-refractivity contribution in [3.8, 4) is 56.0 Å². The van der Waals surface area contributed by atoms with Crippen LogP contribution in [-0.2, 0) is 0 Å². The summed E-state index contributed by atoms with van der Waals surface area (Å²) in [5, 5.41) is 27.0. The van der Waals surface area contributed by atoms with Crippen LogP contribution in [0.25, 0.3) is 66.1 Å². The van der Waals surface area contributed by atoms with Crippen LogP contribution in [0, 0.1) is 0 Å². The van der Waals surface area contributed by atoms with Gasteiger partial charge in [-0.15, -0.1) is 0 Å². The molecule has 0 amide bonds.